The Hall–Kier alpha value is -0.380. The highest BCUT2D eigenvalue weighted by molar-refractivity contribution is 7.84. The summed E-state index contributed by atoms with van der Waals surface area (Å²) >= 11 is 0. The first-order valence-corrected chi connectivity index (χ1v) is 4.77. The van der Waals surface area contributed by atoms with E-state index in [0.717, 1.165) is 0 Å². The Bertz CT molecular complexity index is 141. The largest absolute Gasteiger partial charge is 0.388 e. The normalized spacial score (nSPS) is 15.2. The van der Waals surface area contributed by atoms with Crippen molar-refractivity contribution in [2.75, 3.05) is 18.1 Å². The maximum atomic E-state index is 10.8. The van der Waals surface area contributed by atoms with Crippen LogP contribution in [0.15, 0.2) is 4.99 Å². The van der Waals surface area contributed by atoms with E-state index in [9.17, 15) is 4.21 Å². The second kappa shape index (κ2) is 5.41. The number of amidine groups is 1. The van der Waals surface area contributed by atoms with Gasteiger partial charge in [0.05, 0.1) is 12.4 Å². The van der Waals surface area contributed by atoms with Gasteiger partial charge in [-0.15, -0.1) is 0 Å². The van der Waals surface area contributed by atoms with Gasteiger partial charge in [0.2, 0.25) is 0 Å². The third-order valence-corrected chi connectivity index (χ3v) is 2.28. The number of hydrogen-bond donors (Lipinski definition) is 1. The molecule has 1 atom stereocenters. The molecule has 0 aromatic rings. The van der Waals surface area contributed by atoms with Crippen LogP contribution in [0.1, 0.15) is 13.8 Å². The number of aliphatic imine (C=N–C) groups is 1. The highest BCUT2D eigenvalue weighted by Crippen LogP contribution is 1.81. The van der Waals surface area contributed by atoms with Gasteiger partial charge >= 0.3 is 0 Å². The number of rotatable bonds is 4. The van der Waals surface area contributed by atoms with Crippen LogP contribution in [0.5, 0.6) is 0 Å². The van der Waals surface area contributed by atoms with Crippen molar-refractivity contribution in [3.05, 3.63) is 0 Å². The summed E-state index contributed by atoms with van der Waals surface area (Å²) < 4.78 is 10.8. The fourth-order valence-electron chi connectivity index (χ4n) is 0.468. The van der Waals surface area contributed by atoms with Crippen LogP contribution in [-0.4, -0.2) is 28.1 Å². The fourth-order valence-corrected chi connectivity index (χ4v) is 1.05. The maximum absolute atomic E-state index is 10.8. The minimum atomic E-state index is -0.706. The second-order valence-electron chi connectivity index (χ2n) is 1.96. The van der Waals surface area contributed by atoms with Gasteiger partial charge in [-0.3, -0.25) is 9.20 Å². The predicted octanol–water partition coefficient (Wildman–Crippen LogP) is 0.132. The molecule has 0 aliphatic rings. The van der Waals surface area contributed by atoms with Gasteiger partial charge in [-0.2, -0.15) is 0 Å². The van der Waals surface area contributed by atoms with Crippen LogP contribution in [-0.2, 0) is 10.8 Å². The van der Waals surface area contributed by atoms with Gasteiger partial charge < -0.3 is 5.73 Å². The molecule has 2 N–H and O–H groups in total. The van der Waals surface area contributed by atoms with Gasteiger partial charge in [-0.05, 0) is 6.92 Å². The van der Waals surface area contributed by atoms with Crippen LogP contribution in [0.4, 0.5) is 0 Å². The van der Waals surface area contributed by atoms with Gasteiger partial charge in [0, 0.05) is 22.3 Å². The molecule has 0 heterocycles. The molecule has 4 heteroatoms. The Labute approximate surface area is 64.2 Å². The van der Waals surface area contributed by atoms with Gasteiger partial charge in [0.1, 0.15) is 0 Å². The van der Waals surface area contributed by atoms with Crippen molar-refractivity contribution < 1.29 is 4.21 Å². The third-order valence-electron chi connectivity index (χ3n) is 1.00. The van der Waals surface area contributed by atoms with E-state index in [4.69, 9.17) is 5.73 Å². The van der Waals surface area contributed by atoms with E-state index < -0.39 is 10.8 Å². The van der Waals surface area contributed by atoms with Crippen LogP contribution in [0, 0.1) is 0 Å². The Morgan fingerprint density at radius 3 is 2.70 bits per heavy atom. The molecule has 0 amide bonds. The Morgan fingerprint density at radius 2 is 2.30 bits per heavy atom. The molecule has 60 valence electrons. The average Bonchev–Trinajstić information content (AvgIpc) is 1.87. The van der Waals surface area contributed by atoms with Crippen molar-refractivity contribution in [1.82, 2.24) is 0 Å². The predicted molar refractivity (Wildman–Crippen MR) is 45.7 cm³/mol. The lowest BCUT2D eigenvalue weighted by atomic mass is 10.7. The molecule has 0 fully saturated rings. The number of nitrogens with two attached hydrogens (primary N) is 1. The summed E-state index contributed by atoms with van der Waals surface area (Å²) in [6.45, 7) is 4.22. The van der Waals surface area contributed by atoms with Gasteiger partial charge in [0.15, 0.2) is 0 Å². The first-order valence-electron chi connectivity index (χ1n) is 3.28. The van der Waals surface area contributed by atoms with Gasteiger partial charge in [0.25, 0.3) is 0 Å². The lowest BCUT2D eigenvalue weighted by Gasteiger charge is -1.94. The first kappa shape index (κ1) is 9.62. The van der Waals surface area contributed by atoms with E-state index in [-0.39, 0.29) is 0 Å². The minimum absolute atomic E-state index is 0.563. The molecule has 0 aromatic carbocycles. The number of hydrogen-bond acceptors (Lipinski definition) is 2. The Morgan fingerprint density at radius 1 is 1.70 bits per heavy atom. The molecular weight excluding hydrogens is 148 g/mol. The van der Waals surface area contributed by atoms with Crippen LogP contribution < -0.4 is 5.73 Å². The molecule has 0 saturated heterocycles. The monoisotopic (exact) mass is 162 g/mol. The number of nitrogens with zero attached hydrogens (tertiary/aromatic N) is 1. The van der Waals surface area contributed by atoms with E-state index in [1.807, 2.05) is 6.92 Å². The minimum Gasteiger partial charge on any atom is -0.388 e. The van der Waals surface area contributed by atoms with E-state index in [2.05, 4.69) is 4.99 Å². The Kier molecular flexibility index (Phi) is 5.20. The molecule has 3 nitrogen and oxygen atoms in total. The summed E-state index contributed by atoms with van der Waals surface area (Å²) in [6.07, 6.45) is 0. The molecule has 0 bridgehead atoms. The average molecular weight is 162 g/mol. The second-order valence-corrected chi connectivity index (χ2v) is 3.82. The summed E-state index contributed by atoms with van der Waals surface area (Å²) in [6, 6.07) is 0. The van der Waals surface area contributed by atoms with E-state index >= 15 is 0 Å². The molecule has 1 unspecified atom stereocenters. The van der Waals surface area contributed by atoms with Crippen molar-refractivity contribution in [3.63, 3.8) is 0 Å². The van der Waals surface area contributed by atoms with Crippen LogP contribution in [0.25, 0.3) is 0 Å². The maximum Gasteiger partial charge on any atom is 0.0905 e. The zero-order valence-electron chi connectivity index (χ0n) is 6.46. The summed E-state index contributed by atoms with van der Waals surface area (Å²) in [5.41, 5.74) is 5.27. The first-order chi connectivity index (χ1) is 4.66. The van der Waals surface area contributed by atoms with E-state index in [1.54, 1.807) is 6.92 Å². The molecule has 0 spiro atoms. The van der Waals surface area contributed by atoms with Crippen molar-refractivity contribution in [2.24, 2.45) is 10.7 Å². The lowest BCUT2D eigenvalue weighted by molar-refractivity contribution is 0.683. The molecular formula is C6H14N2OS. The summed E-state index contributed by atoms with van der Waals surface area (Å²) in [4.78, 5) is 3.91. The fraction of sp³-hybridized carbons (Fsp3) is 0.833. The zero-order valence-corrected chi connectivity index (χ0v) is 7.28. The van der Waals surface area contributed by atoms with Crippen LogP contribution >= 0.6 is 0 Å². The summed E-state index contributed by atoms with van der Waals surface area (Å²) in [7, 11) is -0.706. The quantitative estimate of drug-likeness (QED) is 0.472. The summed E-state index contributed by atoms with van der Waals surface area (Å²) in [5.74, 6) is 1.90. The van der Waals surface area contributed by atoms with Crippen molar-refractivity contribution in [2.45, 2.75) is 13.8 Å². The van der Waals surface area contributed by atoms with Crippen LogP contribution in [0.2, 0.25) is 0 Å². The Balaban J connectivity index is 3.37. The molecule has 10 heavy (non-hydrogen) atoms. The third kappa shape index (κ3) is 5.75. The van der Waals surface area contributed by atoms with E-state index in [0.29, 0.717) is 23.9 Å². The molecule has 0 aromatic heterocycles. The lowest BCUT2D eigenvalue weighted by Crippen LogP contribution is -2.09. The van der Waals surface area contributed by atoms with Gasteiger partial charge in [-0.1, -0.05) is 6.92 Å². The molecule has 0 radical (unpaired) electrons. The van der Waals surface area contributed by atoms with Crippen LogP contribution in [0.3, 0.4) is 0 Å². The van der Waals surface area contributed by atoms with E-state index in [1.165, 1.54) is 0 Å². The van der Waals surface area contributed by atoms with Crippen molar-refractivity contribution in [1.29, 1.82) is 0 Å². The van der Waals surface area contributed by atoms with Crippen molar-refractivity contribution in [3.8, 4) is 0 Å². The standard InChI is InChI=1S/C6H14N2OS/c1-3-10(9)5-4-8-6(2)7/h3-5H2,1-2H3,(H2,7,8). The molecule has 0 saturated carbocycles. The zero-order chi connectivity index (χ0) is 7.98. The molecule has 0 rings (SSSR count). The smallest absolute Gasteiger partial charge is 0.0905 e. The van der Waals surface area contributed by atoms with Crippen molar-refractivity contribution >= 4 is 16.6 Å². The van der Waals surface area contributed by atoms with Gasteiger partial charge in [-0.25, -0.2) is 0 Å². The molecule has 0 aliphatic carbocycles. The highest BCUT2D eigenvalue weighted by Gasteiger charge is 1.92. The SMILES string of the molecule is CCS(=O)CCN=C(C)N. The molecule has 0 aliphatic heterocycles. The highest BCUT2D eigenvalue weighted by atomic mass is 32.2. The topological polar surface area (TPSA) is 55.5 Å². The summed E-state index contributed by atoms with van der Waals surface area (Å²) in [5, 5.41) is 0.